The predicted octanol–water partition coefficient (Wildman–Crippen LogP) is 6.30. The summed E-state index contributed by atoms with van der Waals surface area (Å²) in [5.74, 6) is 0. The highest BCUT2D eigenvalue weighted by molar-refractivity contribution is 7.87. The lowest BCUT2D eigenvalue weighted by atomic mass is 10.0. The summed E-state index contributed by atoms with van der Waals surface area (Å²) in [4.78, 5) is 0.0893. The van der Waals surface area contributed by atoms with Gasteiger partial charge in [-0.25, -0.2) is 0 Å². The van der Waals surface area contributed by atoms with Crippen LogP contribution in [0.15, 0.2) is 89.8 Å². The van der Waals surface area contributed by atoms with Gasteiger partial charge in [0, 0.05) is 11.3 Å². The van der Waals surface area contributed by atoms with Crippen LogP contribution in [0.3, 0.4) is 0 Å². The second-order valence-electron chi connectivity index (χ2n) is 7.80. The van der Waals surface area contributed by atoms with Crippen LogP contribution >= 0.6 is 7.14 Å². The van der Waals surface area contributed by atoms with E-state index in [1.165, 1.54) is 12.1 Å². The molecule has 3 aromatic rings. The Bertz CT molecular complexity index is 1090. The molecule has 0 spiro atoms. The van der Waals surface area contributed by atoms with Crippen LogP contribution in [0.4, 0.5) is 0 Å². The van der Waals surface area contributed by atoms with E-state index in [0.717, 1.165) is 29.5 Å². The van der Waals surface area contributed by atoms with Crippen molar-refractivity contribution in [1.29, 1.82) is 0 Å². The lowest BCUT2D eigenvalue weighted by Crippen LogP contribution is -2.11. The van der Waals surface area contributed by atoms with E-state index in [4.69, 9.17) is 4.18 Å². The van der Waals surface area contributed by atoms with E-state index in [1.54, 1.807) is 12.1 Å². The summed E-state index contributed by atoms with van der Waals surface area (Å²) in [6.45, 7) is 1.89. The maximum Gasteiger partial charge on any atom is 0.297 e. The smallest absolute Gasteiger partial charge is 0.297 e. The maximum absolute atomic E-state index is 14.4. The molecule has 30 heavy (non-hydrogen) atoms. The quantitative estimate of drug-likeness (QED) is 0.333. The van der Waals surface area contributed by atoms with Crippen LogP contribution in [0.1, 0.15) is 40.8 Å². The summed E-state index contributed by atoms with van der Waals surface area (Å²) in [6, 6.07) is 26.0. The van der Waals surface area contributed by atoms with Gasteiger partial charge in [0.2, 0.25) is 0 Å². The molecular weight excluding hydrogens is 415 g/mol. The molecule has 0 unspecified atom stereocenters. The molecule has 0 bridgehead atoms. The molecule has 4 nitrogen and oxygen atoms in total. The summed E-state index contributed by atoms with van der Waals surface area (Å²) >= 11 is 0. The van der Waals surface area contributed by atoms with Crippen LogP contribution in [0, 0.1) is 6.92 Å². The van der Waals surface area contributed by atoms with Gasteiger partial charge in [0.05, 0.1) is 4.90 Å². The molecule has 2 atom stereocenters. The van der Waals surface area contributed by atoms with Crippen LogP contribution in [-0.4, -0.2) is 14.8 Å². The third-order valence-corrected chi connectivity index (χ3v) is 11.1. The molecule has 0 N–H and O–H groups in total. The molecular formula is C24H25O4PS. The van der Waals surface area contributed by atoms with E-state index in [9.17, 15) is 13.0 Å². The minimum Gasteiger partial charge on any atom is -0.320 e. The van der Waals surface area contributed by atoms with Crippen LogP contribution in [0.2, 0.25) is 0 Å². The zero-order chi connectivity index (χ0) is 21.2. The lowest BCUT2D eigenvalue weighted by molar-refractivity contribution is 0.365. The molecule has 1 aliphatic heterocycles. The highest BCUT2D eigenvalue weighted by atomic mass is 32.2. The van der Waals surface area contributed by atoms with Crippen LogP contribution in [0.25, 0.3) is 0 Å². The lowest BCUT2D eigenvalue weighted by Gasteiger charge is -2.26. The van der Waals surface area contributed by atoms with Crippen molar-refractivity contribution < 1.29 is 17.2 Å². The predicted molar refractivity (Wildman–Crippen MR) is 120 cm³/mol. The van der Waals surface area contributed by atoms with Gasteiger partial charge in [-0.2, -0.15) is 8.42 Å². The minimum atomic E-state index is -3.99. The topological polar surface area (TPSA) is 60.4 Å². The molecule has 0 radical (unpaired) electrons. The minimum absolute atomic E-state index is 0.0893. The van der Waals surface area contributed by atoms with E-state index in [0.29, 0.717) is 0 Å². The Balaban J connectivity index is 1.67. The van der Waals surface area contributed by atoms with Gasteiger partial charge in [0.25, 0.3) is 10.1 Å². The molecule has 6 heteroatoms. The highest BCUT2D eigenvalue weighted by Gasteiger charge is 2.48. The molecule has 0 aliphatic carbocycles. The summed E-state index contributed by atoms with van der Waals surface area (Å²) in [6.07, 6.45) is 1.20. The molecule has 3 aromatic carbocycles. The monoisotopic (exact) mass is 440 g/mol. The van der Waals surface area contributed by atoms with Crippen molar-refractivity contribution in [3.05, 3.63) is 102 Å². The zero-order valence-electron chi connectivity index (χ0n) is 16.8. The van der Waals surface area contributed by atoms with E-state index >= 15 is 0 Å². The van der Waals surface area contributed by atoms with E-state index in [1.807, 2.05) is 67.6 Å². The zero-order valence-corrected chi connectivity index (χ0v) is 18.6. The van der Waals surface area contributed by atoms with Crippen molar-refractivity contribution in [2.45, 2.75) is 36.0 Å². The molecule has 1 saturated heterocycles. The van der Waals surface area contributed by atoms with Crippen molar-refractivity contribution >= 4 is 17.3 Å². The van der Waals surface area contributed by atoms with Crippen LogP contribution in [-0.2, 0) is 18.9 Å². The van der Waals surface area contributed by atoms with Gasteiger partial charge in [-0.1, -0.05) is 78.4 Å². The molecule has 1 aliphatic rings. The fourth-order valence-electron chi connectivity index (χ4n) is 4.26. The van der Waals surface area contributed by atoms with Crippen LogP contribution in [0.5, 0.6) is 0 Å². The highest BCUT2D eigenvalue weighted by Crippen LogP contribution is 2.76. The number of benzene rings is 3. The second-order valence-corrected chi connectivity index (χ2v) is 12.6. The second kappa shape index (κ2) is 8.50. The average Bonchev–Trinajstić information content (AvgIpc) is 3.11. The normalized spacial score (nSPS) is 20.8. The van der Waals surface area contributed by atoms with Crippen molar-refractivity contribution in [3.63, 3.8) is 0 Å². The molecule has 0 amide bonds. The SMILES string of the molecule is Cc1ccc(S(=O)(=O)OCP2(=O)[C@H](c3ccccc3)CC[C@H]2c2ccccc2)cc1. The fraction of sp³-hybridized carbons (Fsp3) is 0.250. The maximum atomic E-state index is 14.4. The summed E-state index contributed by atoms with van der Waals surface area (Å²) in [5.41, 5.74) is 2.51. The average molecular weight is 441 g/mol. The number of hydrogen-bond acceptors (Lipinski definition) is 4. The van der Waals surface area contributed by atoms with Crippen molar-refractivity contribution in [1.82, 2.24) is 0 Å². The van der Waals surface area contributed by atoms with Gasteiger partial charge >= 0.3 is 0 Å². The molecule has 0 saturated carbocycles. The standard InChI is InChI=1S/C24H25O4PS/c1-19-12-14-22(15-13-19)30(26,27)28-18-29(25)23(20-8-4-2-5-9-20)16-17-24(29)21-10-6-3-7-11-21/h2-15,23-24H,16-18H2,1H3/t23-,24-/m0/s1. The first-order valence-corrected chi connectivity index (χ1v) is 13.5. The van der Waals surface area contributed by atoms with Gasteiger partial charge in [-0.3, -0.25) is 4.18 Å². The number of rotatable bonds is 6. The number of hydrogen-bond donors (Lipinski definition) is 0. The largest absolute Gasteiger partial charge is 0.320 e. The summed E-state index contributed by atoms with van der Waals surface area (Å²) in [5, 5.41) is 0. The molecule has 1 heterocycles. The molecule has 0 aromatic heterocycles. The van der Waals surface area contributed by atoms with E-state index in [-0.39, 0.29) is 22.6 Å². The van der Waals surface area contributed by atoms with Gasteiger partial charge in [-0.05, 0) is 43.0 Å². The Hall–Kier alpha value is -2.20. The van der Waals surface area contributed by atoms with E-state index < -0.39 is 17.3 Å². The Morgan fingerprint density at radius 2 is 1.27 bits per heavy atom. The summed E-state index contributed by atoms with van der Waals surface area (Å²) in [7, 11) is -7.05. The van der Waals surface area contributed by atoms with Crippen molar-refractivity contribution in [3.8, 4) is 0 Å². The van der Waals surface area contributed by atoms with Gasteiger partial charge in [0.1, 0.15) is 13.5 Å². The first-order chi connectivity index (χ1) is 14.4. The van der Waals surface area contributed by atoms with Gasteiger partial charge in [0.15, 0.2) is 0 Å². The Kier molecular flexibility index (Phi) is 5.97. The van der Waals surface area contributed by atoms with Gasteiger partial charge in [-0.15, -0.1) is 0 Å². The Morgan fingerprint density at radius 1 is 0.800 bits per heavy atom. The summed E-state index contributed by atoms with van der Waals surface area (Å²) < 4.78 is 45.4. The third-order valence-electron chi connectivity index (χ3n) is 5.86. The molecule has 4 rings (SSSR count). The molecule has 1 fully saturated rings. The van der Waals surface area contributed by atoms with E-state index in [2.05, 4.69) is 0 Å². The first-order valence-electron chi connectivity index (χ1n) is 10.0. The Labute approximate surface area is 178 Å². The van der Waals surface area contributed by atoms with Crippen molar-refractivity contribution in [2.24, 2.45) is 0 Å². The van der Waals surface area contributed by atoms with Gasteiger partial charge < -0.3 is 4.57 Å². The third kappa shape index (κ3) is 4.15. The first kappa shape index (κ1) is 21.0. The van der Waals surface area contributed by atoms with Crippen LogP contribution < -0.4 is 0 Å². The fourth-order valence-corrected chi connectivity index (χ4v) is 9.40. The molecule has 156 valence electrons. The Morgan fingerprint density at radius 3 is 1.73 bits per heavy atom. The van der Waals surface area contributed by atoms with Crippen molar-refractivity contribution in [2.75, 3.05) is 6.35 Å². The number of aryl methyl sites for hydroxylation is 1.